The van der Waals surface area contributed by atoms with Gasteiger partial charge in [-0.2, -0.15) is 0 Å². The molecule has 140 valence electrons. The van der Waals surface area contributed by atoms with Crippen LogP contribution in [0.15, 0.2) is 30.6 Å². The van der Waals surface area contributed by atoms with E-state index in [0.717, 1.165) is 62.5 Å². The molecule has 0 bridgehead atoms. The minimum atomic E-state index is 0.466. The van der Waals surface area contributed by atoms with Crippen LogP contribution in [0.4, 0.5) is 5.82 Å². The third-order valence-corrected chi connectivity index (χ3v) is 4.96. The smallest absolute Gasteiger partial charge is 0.132 e. The number of piperidine rings is 1. The number of hydrogen-bond donors (Lipinski definition) is 1. The molecule has 3 heterocycles. The Hall–Kier alpha value is -2.01. The molecule has 1 saturated heterocycles. The van der Waals surface area contributed by atoms with Crippen molar-refractivity contribution in [3.05, 3.63) is 47.7 Å². The summed E-state index contributed by atoms with van der Waals surface area (Å²) in [7, 11) is 0. The van der Waals surface area contributed by atoms with E-state index in [0.29, 0.717) is 12.1 Å². The monoisotopic (exact) mass is 353 g/mol. The first kappa shape index (κ1) is 18.8. The molecule has 2 aromatic heterocycles. The van der Waals surface area contributed by atoms with Gasteiger partial charge >= 0.3 is 0 Å². The number of rotatable bonds is 7. The van der Waals surface area contributed by atoms with E-state index in [9.17, 15) is 0 Å². The molecule has 0 aromatic carbocycles. The van der Waals surface area contributed by atoms with E-state index in [-0.39, 0.29) is 0 Å². The highest BCUT2D eigenvalue weighted by Gasteiger charge is 2.22. The summed E-state index contributed by atoms with van der Waals surface area (Å²) in [6.07, 6.45) is 9.18. The van der Waals surface area contributed by atoms with Crippen molar-refractivity contribution in [2.45, 2.75) is 65.0 Å². The van der Waals surface area contributed by atoms with E-state index in [1.54, 1.807) is 0 Å². The molecule has 26 heavy (non-hydrogen) atoms. The molecular weight excluding hydrogens is 322 g/mol. The van der Waals surface area contributed by atoms with Gasteiger partial charge in [0.25, 0.3) is 0 Å². The maximum absolute atomic E-state index is 4.78. The zero-order valence-electron chi connectivity index (χ0n) is 16.3. The Labute approximate surface area is 157 Å². The molecule has 1 fully saturated rings. The molecule has 2 aromatic rings. The van der Waals surface area contributed by atoms with Crippen molar-refractivity contribution in [2.24, 2.45) is 0 Å². The Balaban J connectivity index is 1.51. The SMILES string of the molecule is CCCc1nc(C)cc(N2CCC(N[C@@H](C)Cc3cccnc3)CC2)n1. The first-order chi connectivity index (χ1) is 12.6. The van der Waals surface area contributed by atoms with Gasteiger partial charge in [-0.3, -0.25) is 4.98 Å². The van der Waals surface area contributed by atoms with Crippen LogP contribution in [0, 0.1) is 6.92 Å². The van der Waals surface area contributed by atoms with E-state index < -0.39 is 0 Å². The minimum Gasteiger partial charge on any atom is -0.356 e. The maximum Gasteiger partial charge on any atom is 0.132 e. The van der Waals surface area contributed by atoms with Gasteiger partial charge in [-0.25, -0.2) is 9.97 Å². The topological polar surface area (TPSA) is 53.9 Å². The molecular formula is C21H31N5. The van der Waals surface area contributed by atoms with Crippen LogP contribution in [0.5, 0.6) is 0 Å². The first-order valence-corrected chi connectivity index (χ1v) is 9.88. The molecule has 1 aliphatic rings. The fourth-order valence-electron chi connectivity index (χ4n) is 3.72. The highest BCUT2D eigenvalue weighted by Crippen LogP contribution is 2.20. The van der Waals surface area contributed by atoms with Gasteiger partial charge in [-0.05, 0) is 51.2 Å². The van der Waals surface area contributed by atoms with Crippen LogP contribution in [0.1, 0.15) is 50.2 Å². The molecule has 0 spiro atoms. The van der Waals surface area contributed by atoms with Crippen LogP contribution in [0.25, 0.3) is 0 Å². The summed E-state index contributed by atoms with van der Waals surface area (Å²) in [6, 6.07) is 7.33. The van der Waals surface area contributed by atoms with Crippen molar-refractivity contribution in [1.29, 1.82) is 0 Å². The van der Waals surface area contributed by atoms with Crippen LogP contribution in [-0.4, -0.2) is 40.1 Å². The van der Waals surface area contributed by atoms with E-state index in [1.807, 2.05) is 18.5 Å². The Morgan fingerprint density at radius 1 is 1.27 bits per heavy atom. The summed E-state index contributed by atoms with van der Waals surface area (Å²) in [4.78, 5) is 16.0. The van der Waals surface area contributed by atoms with Gasteiger partial charge in [0.1, 0.15) is 11.6 Å². The standard InChI is InChI=1S/C21H31N5/c1-4-6-20-24-17(3)14-21(25-20)26-11-8-19(9-12-26)23-16(2)13-18-7-5-10-22-15-18/h5,7,10,14-16,19,23H,4,6,8-9,11-13H2,1-3H3/t16-/m0/s1. The molecule has 0 amide bonds. The molecule has 5 nitrogen and oxygen atoms in total. The van der Waals surface area contributed by atoms with Crippen molar-refractivity contribution in [2.75, 3.05) is 18.0 Å². The lowest BCUT2D eigenvalue weighted by Gasteiger charge is -2.35. The van der Waals surface area contributed by atoms with Gasteiger partial charge in [-0.1, -0.05) is 13.0 Å². The van der Waals surface area contributed by atoms with Gasteiger partial charge in [0.05, 0.1) is 0 Å². The van der Waals surface area contributed by atoms with Crippen LogP contribution >= 0.6 is 0 Å². The van der Waals surface area contributed by atoms with Gasteiger partial charge < -0.3 is 10.2 Å². The van der Waals surface area contributed by atoms with Crippen molar-refractivity contribution in [1.82, 2.24) is 20.3 Å². The van der Waals surface area contributed by atoms with Gasteiger partial charge in [0.15, 0.2) is 0 Å². The fourth-order valence-corrected chi connectivity index (χ4v) is 3.72. The summed E-state index contributed by atoms with van der Waals surface area (Å²) in [5.74, 6) is 2.08. The molecule has 0 unspecified atom stereocenters. The normalized spacial score (nSPS) is 16.7. The summed E-state index contributed by atoms with van der Waals surface area (Å²) < 4.78 is 0. The van der Waals surface area contributed by atoms with Gasteiger partial charge in [-0.15, -0.1) is 0 Å². The summed E-state index contributed by atoms with van der Waals surface area (Å²) in [5.41, 5.74) is 2.37. The van der Waals surface area contributed by atoms with E-state index in [1.165, 1.54) is 5.56 Å². The zero-order chi connectivity index (χ0) is 18.4. The quantitative estimate of drug-likeness (QED) is 0.827. The molecule has 5 heteroatoms. The van der Waals surface area contributed by atoms with Crippen LogP contribution in [0.2, 0.25) is 0 Å². The van der Waals surface area contributed by atoms with Crippen molar-refractivity contribution in [3.63, 3.8) is 0 Å². The van der Waals surface area contributed by atoms with Crippen molar-refractivity contribution in [3.8, 4) is 0 Å². The molecule has 1 aliphatic heterocycles. The lowest BCUT2D eigenvalue weighted by atomic mass is 10.0. The number of pyridine rings is 1. The Kier molecular flexibility index (Phi) is 6.56. The van der Waals surface area contributed by atoms with Crippen LogP contribution in [-0.2, 0) is 12.8 Å². The van der Waals surface area contributed by atoms with E-state index >= 15 is 0 Å². The summed E-state index contributed by atoms with van der Waals surface area (Å²) in [5, 5.41) is 3.80. The number of aromatic nitrogens is 3. The number of nitrogens with zero attached hydrogens (tertiary/aromatic N) is 4. The number of hydrogen-bond acceptors (Lipinski definition) is 5. The van der Waals surface area contributed by atoms with Crippen LogP contribution in [0.3, 0.4) is 0 Å². The predicted molar refractivity (Wildman–Crippen MR) is 107 cm³/mol. The molecule has 0 saturated carbocycles. The Morgan fingerprint density at radius 2 is 2.08 bits per heavy atom. The lowest BCUT2D eigenvalue weighted by molar-refractivity contribution is 0.374. The third kappa shape index (κ3) is 5.24. The number of anilines is 1. The maximum atomic E-state index is 4.78. The molecule has 3 rings (SSSR count). The van der Waals surface area contributed by atoms with Crippen molar-refractivity contribution < 1.29 is 0 Å². The average Bonchev–Trinajstić information content (AvgIpc) is 2.63. The number of nitrogens with one attached hydrogen (secondary N) is 1. The first-order valence-electron chi connectivity index (χ1n) is 9.88. The molecule has 0 aliphatic carbocycles. The highest BCUT2D eigenvalue weighted by atomic mass is 15.2. The Bertz CT molecular complexity index is 680. The average molecular weight is 354 g/mol. The second kappa shape index (κ2) is 9.08. The van der Waals surface area contributed by atoms with Crippen molar-refractivity contribution >= 4 is 5.82 Å². The third-order valence-electron chi connectivity index (χ3n) is 4.96. The highest BCUT2D eigenvalue weighted by molar-refractivity contribution is 5.40. The fraction of sp³-hybridized carbons (Fsp3) is 0.571. The van der Waals surface area contributed by atoms with Gasteiger partial charge in [0.2, 0.25) is 0 Å². The minimum absolute atomic E-state index is 0.466. The van der Waals surface area contributed by atoms with E-state index in [2.05, 4.69) is 53.1 Å². The summed E-state index contributed by atoms with van der Waals surface area (Å²) >= 11 is 0. The Morgan fingerprint density at radius 3 is 2.77 bits per heavy atom. The summed E-state index contributed by atoms with van der Waals surface area (Å²) in [6.45, 7) is 8.62. The molecule has 0 radical (unpaired) electrons. The lowest BCUT2D eigenvalue weighted by Crippen LogP contribution is -2.46. The predicted octanol–water partition coefficient (Wildman–Crippen LogP) is 3.32. The largest absolute Gasteiger partial charge is 0.356 e. The molecule has 1 atom stereocenters. The second-order valence-corrected chi connectivity index (χ2v) is 7.43. The number of aryl methyl sites for hydroxylation is 2. The molecule has 1 N–H and O–H groups in total. The van der Waals surface area contributed by atoms with Gasteiger partial charge in [0, 0.05) is 55.7 Å². The van der Waals surface area contributed by atoms with Crippen LogP contribution < -0.4 is 10.2 Å². The van der Waals surface area contributed by atoms with E-state index in [4.69, 9.17) is 4.98 Å². The zero-order valence-corrected chi connectivity index (χ0v) is 16.3. The second-order valence-electron chi connectivity index (χ2n) is 7.43.